The van der Waals surface area contributed by atoms with Crippen LogP contribution in [0.4, 0.5) is 4.79 Å². The fraction of sp³-hybridized carbons (Fsp3) is 0.444. The van der Waals surface area contributed by atoms with Crippen molar-refractivity contribution in [2.24, 2.45) is 5.92 Å². The molecule has 2 aromatic carbocycles. The zero-order valence-corrected chi connectivity index (χ0v) is 21.1. The van der Waals surface area contributed by atoms with E-state index in [2.05, 4.69) is 26.1 Å². The lowest BCUT2D eigenvalue weighted by Crippen LogP contribution is -2.51. The summed E-state index contributed by atoms with van der Waals surface area (Å²) >= 11 is 1.49. The first-order valence-corrected chi connectivity index (χ1v) is 13.0. The van der Waals surface area contributed by atoms with Gasteiger partial charge in [0.1, 0.15) is 6.04 Å². The van der Waals surface area contributed by atoms with Gasteiger partial charge in [0.05, 0.1) is 0 Å². The predicted molar refractivity (Wildman–Crippen MR) is 138 cm³/mol. The number of imide groups is 1. The van der Waals surface area contributed by atoms with E-state index in [1.165, 1.54) is 11.8 Å². The maximum Gasteiger partial charge on any atom is 0.327 e. The van der Waals surface area contributed by atoms with Crippen molar-refractivity contribution in [3.05, 3.63) is 71.3 Å². The van der Waals surface area contributed by atoms with Gasteiger partial charge in [0.25, 0.3) is 5.91 Å². The number of carboxylic acid groups (broad SMARTS) is 1. The highest BCUT2D eigenvalue weighted by atomic mass is 32.2. The average Bonchev–Trinajstić information content (AvgIpc) is 2.81. The van der Waals surface area contributed by atoms with Crippen molar-refractivity contribution >= 4 is 29.7 Å². The summed E-state index contributed by atoms with van der Waals surface area (Å²) in [6, 6.07) is 15.2. The molecule has 0 aromatic heterocycles. The Morgan fingerprint density at radius 3 is 2.38 bits per heavy atom. The van der Waals surface area contributed by atoms with Crippen LogP contribution in [0.15, 0.2) is 54.6 Å². The van der Waals surface area contributed by atoms with E-state index in [1.54, 1.807) is 6.07 Å². The standard InChI is InChI=1S/C27H36N2O4S/c1-4-5-16-34-19-24(26(31)32)28-27(33)29(15-14-21-10-7-6-8-11-21)25(30)23-13-9-12-22(18-23)17-20(2)3/h6-13,18,20,24H,4-5,14-17,19H2,1-3H3,(H,28,33)(H,31,32). The smallest absolute Gasteiger partial charge is 0.327 e. The van der Waals surface area contributed by atoms with Gasteiger partial charge in [-0.1, -0.05) is 69.7 Å². The summed E-state index contributed by atoms with van der Waals surface area (Å²) in [5, 5.41) is 12.2. The molecule has 0 heterocycles. The van der Waals surface area contributed by atoms with Crippen molar-refractivity contribution in [2.75, 3.05) is 18.1 Å². The summed E-state index contributed by atoms with van der Waals surface area (Å²) in [5.74, 6) is -0.0147. The summed E-state index contributed by atoms with van der Waals surface area (Å²) in [6.07, 6.45) is 3.32. The van der Waals surface area contributed by atoms with E-state index in [-0.39, 0.29) is 12.3 Å². The highest BCUT2D eigenvalue weighted by Gasteiger charge is 2.27. The second-order valence-corrected chi connectivity index (χ2v) is 9.91. The molecule has 0 saturated carbocycles. The van der Waals surface area contributed by atoms with Crippen LogP contribution >= 0.6 is 11.8 Å². The Kier molecular flexibility index (Phi) is 11.7. The fourth-order valence-electron chi connectivity index (χ4n) is 3.49. The van der Waals surface area contributed by atoms with Crippen LogP contribution in [0.2, 0.25) is 0 Å². The molecule has 0 bridgehead atoms. The van der Waals surface area contributed by atoms with Crippen molar-refractivity contribution in [1.82, 2.24) is 10.2 Å². The van der Waals surface area contributed by atoms with E-state index < -0.39 is 23.9 Å². The molecule has 0 fully saturated rings. The molecule has 1 atom stereocenters. The lowest BCUT2D eigenvalue weighted by Gasteiger charge is -2.24. The van der Waals surface area contributed by atoms with E-state index in [0.717, 1.165) is 41.0 Å². The molecule has 2 rings (SSSR count). The SMILES string of the molecule is CCCCSCC(NC(=O)N(CCc1ccccc1)C(=O)c1cccc(CC(C)C)c1)C(=O)O. The molecule has 7 heteroatoms. The molecule has 6 nitrogen and oxygen atoms in total. The number of benzene rings is 2. The van der Waals surface area contributed by atoms with Gasteiger partial charge in [0, 0.05) is 17.9 Å². The van der Waals surface area contributed by atoms with Gasteiger partial charge in [-0.25, -0.2) is 9.59 Å². The molecule has 0 aliphatic carbocycles. The van der Waals surface area contributed by atoms with Gasteiger partial charge in [-0.15, -0.1) is 0 Å². The molecule has 0 spiro atoms. The van der Waals surface area contributed by atoms with Crippen LogP contribution in [0.5, 0.6) is 0 Å². The Labute approximate surface area is 207 Å². The number of hydrogen-bond acceptors (Lipinski definition) is 4. The average molecular weight is 485 g/mol. The molecule has 0 aliphatic rings. The van der Waals surface area contributed by atoms with Gasteiger partial charge in [0.2, 0.25) is 0 Å². The van der Waals surface area contributed by atoms with E-state index >= 15 is 0 Å². The quantitative estimate of drug-likeness (QED) is 0.379. The number of thioether (sulfide) groups is 1. The number of carbonyl (C=O) groups excluding carboxylic acids is 2. The molecule has 2 aromatic rings. The maximum atomic E-state index is 13.4. The summed E-state index contributed by atoms with van der Waals surface area (Å²) in [5.41, 5.74) is 2.44. The summed E-state index contributed by atoms with van der Waals surface area (Å²) in [4.78, 5) is 39.5. The Morgan fingerprint density at radius 2 is 1.74 bits per heavy atom. The maximum absolute atomic E-state index is 13.4. The van der Waals surface area contributed by atoms with Gasteiger partial charge in [-0.3, -0.25) is 9.69 Å². The monoisotopic (exact) mass is 484 g/mol. The zero-order valence-electron chi connectivity index (χ0n) is 20.3. The normalized spacial score (nSPS) is 11.8. The molecular formula is C27H36N2O4S. The van der Waals surface area contributed by atoms with Gasteiger partial charge in [-0.05, 0) is 54.2 Å². The molecule has 3 amide bonds. The van der Waals surface area contributed by atoms with Gasteiger partial charge in [-0.2, -0.15) is 11.8 Å². The van der Waals surface area contributed by atoms with Crippen LogP contribution in [0.1, 0.15) is 55.1 Å². The van der Waals surface area contributed by atoms with Crippen LogP contribution in [0.25, 0.3) is 0 Å². The zero-order chi connectivity index (χ0) is 24.9. The molecule has 2 N–H and O–H groups in total. The number of urea groups is 1. The number of amides is 3. The van der Waals surface area contributed by atoms with Gasteiger partial charge < -0.3 is 10.4 Å². The van der Waals surface area contributed by atoms with Crippen LogP contribution in [-0.4, -0.2) is 52.0 Å². The first kappa shape index (κ1) is 27.4. The van der Waals surface area contributed by atoms with Gasteiger partial charge in [0.15, 0.2) is 0 Å². The Hall–Kier alpha value is -2.80. The van der Waals surface area contributed by atoms with Crippen LogP contribution in [-0.2, 0) is 17.6 Å². The minimum Gasteiger partial charge on any atom is -0.480 e. The molecule has 1 unspecified atom stereocenters. The van der Waals surface area contributed by atoms with Crippen molar-refractivity contribution in [3.8, 4) is 0 Å². The number of carbonyl (C=O) groups is 3. The highest BCUT2D eigenvalue weighted by Crippen LogP contribution is 2.14. The molecule has 0 aliphatic heterocycles. The number of nitrogens with zero attached hydrogens (tertiary/aromatic N) is 1. The second-order valence-electron chi connectivity index (χ2n) is 8.76. The summed E-state index contributed by atoms with van der Waals surface area (Å²) in [6.45, 7) is 6.44. The lowest BCUT2D eigenvalue weighted by atomic mass is 10.0. The minimum atomic E-state index is -1.10. The van der Waals surface area contributed by atoms with E-state index in [9.17, 15) is 19.5 Å². The third-order valence-corrected chi connectivity index (χ3v) is 6.44. The van der Waals surface area contributed by atoms with E-state index in [1.807, 2.05) is 48.5 Å². The number of aliphatic carboxylic acids is 1. The van der Waals surface area contributed by atoms with E-state index in [0.29, 0.717) is 17.9 Å². The molecule has 0 radical (unpaired) electrons. The third-order valence-electron chi connectivity index (χ3n) is 5.30. The van der Waals surface area contributed by atoms with E-state index in [4.69, 9.17) is 0 Å². The van der Waals surface area contributed by atoms with Crippen LogP contribution in [0, 0.1) is 5.92 Å². The van der Waals surface area contributed by atoms with Crippen molar-refractivity contribution in [2.45, 2.75) is 52.5 Å². The number of hydrogen-bond donors (Lipinski definition) is 2. The summed E-state index contributed by atoms with van der Waals surface area (Å²) in [7, 11) is 0. The van der Waals surface area contributed by atoms with Crippen LogP contribution < -0.4 is 5.32 Å². The molecule has 0 saturated heterocycles. The Morgan fingerprint density at radius 1 is 1.03 bits per heavy atom. The lowest BCUT2D eigenvalue weighted by molar-refractivity contribution is -0.138. The largest absolute Gasteiger partial charge is 0.480 e. The second kappa shape index (κ2) is 14.5. The third kappa shape index (κ3) is 9.21. The van der Waals surface area contributed by atoms with Crippen molar-refractivity contribution in [3.63, 3.8) is 0 Å². The molecular weight excluding hydrogens is 448 g/mol. The van der Waals surface area contributed by atoms with Crippen molar-refractivity contribution in [1.29, 1.82) is 0 Å². The molecule has 34 heavy (non-hydrogen) atoms. The van der Waals surface area contributed by atoms with Crippen LogP contribution in [0.3, 0.4) is 0 Å². The topological polar surface area (TPSA) is 86.7 Å². The Balaban J connectivity index is 2.21. The minimum absolute atomic E-state index is 0.151. The first-order chi connectivity index (χ1) is 16.3. The fourth-order valence-corrected chi connectivity index (χ4v) is 4.61. The summed E-state index contributed by atoms with van der Waals surface area (Å²) < 4.78 is 0. The Bertz CT molecular complexity index is 933. The number of rotatable bonds is 13. The van der Waals surface area contributed by atoms with Gasteiger partial charge >= 0.3 is 12.0 Å². The first-order valence-electron chi connectivity index (χ1n) is 11.9. The van der Waals surface area contributed by atoms with Crippen molar-refractivity contribution < 1.29 is 19.5 Å². The number of carboxylic acids is 1. The predicted octanol–water partition coefficient (Wildman–Crippen LogP) is 5.27. The highest BCUT2D eigenvalue weighted by molar-refractivity contribution is 7.99. The number of unbranched alkanes of at least 4 members (excludes halogenated alkanes) is 1. The number of nitrogens with one attached hydrogen (secondary N) is 1. The molecule has 184 valence electrons.